The molecule has 2 aromatic rings. The molecule has 0 amide bonds. The topological polar surface area (TPSA) is 112 Å². The van der Waals surface area contributed by atoms with Gasteiger partial charge in [0.1, 0.15) is 0 Å². The predicted molar refractivity (Wildman–Crippen MR) is 100 cm³/mol. The number of benzene rings is 1. The second-order valence-corrected chi connectivity index (χ2v) is 6.49. The molecule has 1 fully saturated rings. The summed E-state index contributed by atoms with van der Waals surface area (Å²) < 4.78 is 0. The highest BCUT2D eigenvalue weighted by Gasteiger charge is 2.26. The van der Waals surface area contributed by atoms with Gasteiger partial charge in [-0.25, -0.2) is 0 Å². The van der Waals surface area contributed by atoms with Crippen LogP contribution in [0.3, 0.4) is 0 Å². The van der Waals surface area contributed by atoms with E-state index < -0.39 is 16.0 Å². The van der Waals surface area contributed by atoms with Gasteiger partial charge in [0.25, 0.3) is 5.69 Å². The number of nitro benzene ring substituents is 1. The van der Waals surface area contributed by atoms with Gasteiger partial charge in [0.05, 0.1) is 16.0 Å². The molecule has 2 heterocycles. The van der Waals surface area contributed by atoms with E-state index in [9.17, 15) is 19.7 Å². The van der Waals surface area contributed by atoms with Gasteiger partial charge in [-0.1, -0.05) is 6.42 Å². The Balaban J connectivity index is 0.00000225. The third-order valence-electron chi connectivity index (χ3n) is 4.84. The normalized spacial score (nSPS) is 21.0. The third kappa shape index (κ3) is 3.82. The summed E-state index contributed by atoms with van der Waals surface area (Å²) in [6.45, 7) is 4.77. The number of nitrogens with zero attached hydrogens (tertiary/aromatic N) is 2. The monoisotopic (exact) mass is 412 g/mol. The van der Waals surface area contributed by atoms with Gasteiger partial charge in [-0.2, -0.15) is 0 Å². The first-order chi connectivity index (χ1) is 11.4. The van der Waals surface area contributed by atoms with Crippen molar-refractivity contribution < 1.29 is 4.92 Å². The molecule has 0 spiro atoms. The quantitative estimate of drug-likeness (QED) is 0.456. The van der Waals surface area contributed by atoms with Gasteiger partial charge in [-0.3, -0.25) is 24.6 Å². The molecule has 2 atom stereocenters. The van der Waals surface area contributed by atoms with Crippen LogP contribution in [-0.2, 0) is 6.54 Å². The number of likely N-dealkylation sites (tertiary alicyclic amines) is 1. The Kier molecular flexibility index (Phi) is 5.79. The second kappa shape index (κ2) is 7.49. The Morgan fingerprint density at radius 2 is 1.76 bits per heavy atom. The molecule has 2 N–H and O–H groups in total. The van der Waals surface area contributed by atoms with Crippen LogP contribution in [0.15, 0.2) is 21.7 Å². The van der Waals surface area contributed by atoms with Crippen molar-refractivity contribution in [3.63, 3.8) is 0 Å². The van der Waals surface area contributed by atoms with Crippen LogP contribution in [0.25, 0.3) is 11.0 Å². The molecule has 1 aliphatic heterocycles. The van der Waals surface area contributed by atoms with Gasteiger partial charge < -0.3 is 9.97 Å². The lowest BCUT2D eigenvalue weighted by Gasteiger charge is -2.39. The van der Waals surface area contributed by atoms with Crippen LogP contribution in [0.1, 0.15) is 38.7 Å². The van der Waals surface area contributed by atoms with Crippen molar-refractivity contribution in [3.05, 3.63) is 48.5 Å². The molecule has 0 aliphatic carbocycles. The minimum absolute atomic E-state index is 0. The number of fused-ring (bicyclic) bond motifs is 1. The van der Waals surface area contributed by atoms with E-state index in [1.54, 1.807) is 0 Å². The first-order valence-corrected chi connectivity index (χ1v) is 8.06. The molecule has 1 aromatic carbocycles. The van der Waals surface area contributed by atoms with E-state index in [4.69, 9.17) is 0 Å². The lowest BCUT2D eigenvalue weighted by Crippen LogP contribution is -2.43. The van der Waals surface area contributed by atoms with Crippen LogP contribution in [0.2, 0.25) is 0 Å². The first-order valence-electron chi connectivity index (χ1n) is 8.06. The van der Waals surface area contributed by atoms with Crippen LogP contribution in [-0.4, -0.2) is 31.9 Å². The van der Waals surface area contributed by atoms with Crippen molar-refractivity contribution in [2.45, 2.75) is 51.7 Å². The number of halogens is 1. The van der Waals surface area contributed by atoms with E-state index in [0.29, 0.717) is 29.7 Å². The van der Waals surface area contributed by atoms with E-state index in [1.807, 2.05) is 0 Å². The van der Waals surface area contributed by atoms with Crippen molar-refractivity contribution >= 4 is 33.7 Å². The molecular weight excluding hydrogens is 392 g/mol. The largest absolute Gasteiger partial charge is 0.316 e. The zero-order valence-electron chi connectivity index (χ0n) is 14.1. The number of hydrogen-bond donors (Lipinski definition) is 2. The van der Waals surface area contributed by atoms with Crippen molar-refractivity contribution in [3.8, 4) is 0 Å². The fraction of sp³-hybridized carbons (Fsp3) is 0.500. The van der Waals surface area contributed by atoms with Crippen LogP contribution in [0, 0.1) is 10.1 Å². The zero-order chi connectivity index (χ0) is 17.4. The molecule has 8 nitrogen and oxygen atoms in total. The lowest BCUT2D eigenvalue weighted by molar-refractivity contribution is -0.384. The molecule has 1 saturated heterocycles. The van der Waals surface area contributed by atoms with Crippen molar-refractivity contribution in [1.29, 1.82) is 0 Å². The van der Waals surface area contributed by atoms with Gasteiger partial charge >= 0.3 is 11.1 Å². The first kappa shape index (κ1) is 19.3. The summed E-state index contributed by atoms with van der Waals surface area (Å²) in [6, 6.07) is 3.47. The van der Waals surface area contributed by atoms with Gasteiger partial charge in [0, 0.05) is 30.8 Å². The summed E-state index contributed by atoms with van der Waals surface area (Å²) in [5, 5.41) is 11.2. The molecule has 0 saturated carbocycles. The fourth-order valence-corrected chi connectivity index (χ4v) is 3.49. The number of piperidine rings is 1. The number of H-pyrrole nitrogens is 2. The van der Waals surface area contributed by atoms with Gasteiger partial charge in [-0.15, -0.1) is 17.0 Å². The minimum atomic E-state index is -0.811. The minimum Gasteiger partial charge on any atom is -0.316 e. The second-order valence-electron chi connectivity index (χ2n) is 6.49. The van der Waals surface area contributed by atoms with Gasteiger partial charge in [0.15, 0.2) is 0 Å². The maximum atomic E-state index is 11.7. The third-order valence-corrected chi connectivity index (χ3v) is 4.84. The number of nitro groups is 1. The number of hydrogen-bond acceptors (Lipinski definition) is 5. The summed E-state index contributed by atoms with van der Waals surface area (Å²) in [5.41, 5.74) is -0.284. The van der Waals surface area contributed by atoms with E-state index in [-0.39, 0.29) is 28.2 Å². The van der Waals surface area contributed by atoms with Crippen LogP contribution in [0.5, 0.6) is 0 Å². The zero-order valence-corrected chi connectivity index (χ0v) is 15.8. The smallest absolute Gasteiger partial charge is 0.314 e. The van der Waals surface area contributed by atoms with Crippen LogP contribution < -0.4 is 11.1 Å². The fourth-order valence-electron chi connectivity index (χ4n) is 3.49. The van der Waals surface area contributed by atoms with Crippen LogP contribution >= 0.6 is 17.0 Å². The predicted octanol–water partition coefficient (Wildman–Crippen LogP) is 2.47. The van der Waals surface area contributed by atoms with Crippen molar-refractivity contribution in [2.24, 2.45) is 0 Å². The highest BCUT2D eigenvalue weighted by atomic mass is 79.9. The van der Waals surface area contributed by atoms with E-state index in [0.717, 1.165) is 12.8 Å². The molecule has 0 radical (unpaired) electrons. The Morgan fingerprint density at radius 1 is 1.16 bits per heavy atom. The van der Waals surface area contributed by atoms with E-state index in [2.05, 4.69) is 28.7 Å². The Labute approximate surface area is 154 Å². The SMILES string of the molecule is Br.CC1CCCC(C)N1Cc1cc([N+](=O)[O-])cc2[nH]c(=O)c(=O)[nH]c12. The number of rotatable bonds is 3. The molecule has 136 valence electrons. The van der Waals surface area contributed by atoms with E-state index >= 15 is 0 Å². The molecule has 3 rings (SSSR count). The number of aromatic nitrogens is 2. The number of nitrogens with one attached hydrogen (secondary N) is 2. The Bertz CT molecular complexity index is 897. The van der Waals surface area contributed by atoms with Gasteiger partial charge in [0.2, 0.25) is 0 Å². The summed E-state index contributed by atoms with van der Waals surface area (Å²) >= 11 is 0. The average molecular weight is 413 g/mol. The number of aromatic amines is 2. The summed E-state index contributed by atoms with van der Waals surface area (Å²) in [7, 11) is 0. The standard InChI is InChI=1S/C16H20N4O4.BrH/c1-9-4-3-5-10(2)19(9)8-11-6-12(20(23)24)7-13-14(11)18-16(22)15(21)17-13;/h6-7,9-10H,3-5,8H2,1-2H3,(H,17,21)(H,18,22);1H. The molecule has 9 heteroatoms. The molecular formula is C16H21BrN4O4. The maximum absolute atomic E-state index is 11.7. The van der Waals surface area contributed by atoms with Crippen molar-refractivity contribution in [1.82, 2.24) is 14.9 Å². The summed E-state index contributed by atoms with van der Waals surface area (Å²) in [6.07, 6.45) is 3.31. The molecule has 1 aromatic heterocycles. The number of non-ortho nitro benzene ring substituents is 1. The average Bonchev–Trinajstić information content (AvgIpc) is 2.52. The van der Waals surface area contributed by atoms with Gasteiger partial charge in [-0.05, 0) is 32.3 Å². The summed E-state index contributed by atoms with van der Waals surface area (Å²) in [5.74, 6) is 0. The maximum Gasteiger partial charge on any atom is 0.314 e. The van der Waals surface area contributed by atoms with Crippen LogP contribution in [0.4, 0.5) is 5.69 Å². The Hall–Kier alpha value is -2.00. The molecule has 0 bridgehead atoms. The Morgan fingerprint density at radius 3 is 2.36 bits per heavy atom. The molecule has 25 heavy (non-hydrogen) atoms. The molecule has 1 aliphatic rings. The lowest BCUT2D eigenvalue weighted by atomic mass is 9.96. The highest BCUT2D eigenvalue weighted by Crippen LogP contribution is 2.28. The van der Waals surface area contributed by atoms with E-state index in [1.165, 1.54) is 18.6 Å². The molecule has 2 unspecified atom stereocenters. The highest BCUT2D eigenvalue weighted by molar-refractivity contribution is 8.93. The van der Waals surface area contributed by atoms with Crippen molar-refractivity contribution in [2.75, 3.05) is 0 Å². The summed E-state index contributed by atoms with van der Waals surface area (Å²) in [4.78, 5) is 41.2.